The number of carbonyl (C=O) groups excluding carboxylic acids is 1. The van der Waals surface area contributed by atoms with Gasteiger partial charge in [-0.1, -0.05) is 6.42 Å². The number of aryl methyl sites for hydroxylation is 1. The summed E-state index contributed by atoms with van der Waals surface area (Å²) < 4.78 is 1.51. The number of hydrogen-bond donors (Lipinski definition) is 2. The minimum atomic E-state index is -0.104. The fourth-order valence-electron chi connectivity index (χ4n) is 2.38. The van der Waals surface area contributed by atoms with Gasteiger partial charge < -0.3 is 11.1 Å². The van der Waals surface area contributed by atoms with Crippen LogP contribution in [-0.4, -0.2) is 33.2 Å². The molecular weight excluding hydrogens is 248 g/mol. The van der Waals surface area contributed by atoms with E-state index < -0.39 is 0 Å². The van der Waals surface area contributed by atoms with E-state index in [0.29, 0.717) is 16.6 Å². The van der Waals surface area contributed by atoms with E-state index in [-0.39, 0.29) is 11.9 Å². The van der Waals surface area contributed by atoms with E-state index in [1.807, 2.05) is 11.8 Å². The molecule has 1 fully saturated rings. The number of hydrogen-bond acceptors (Lipinski definition) is 4. The molecule has 1 aromatic heterocycles. The minimum Gasteiger partial charge on any atom is -0.383 e. The summed E-state index contributed by atoms with van der Waals surface area (Å²) in [5.41, 5.74) is 6.27. The van der Waals surface area contributed by atoms with Gasteiger partial charge in [-0.15, -0.1) is 0 Å². The summed E-state index contributed by atoms with van der Waals surface area (Å²) in [6.07, 6.45) is 8.20. The Morgan fingerprint density at radius 3 is 3.00 bits per heavy atom. The van der Waals surface area contributed by atoms with Crippen LogP contribution in [0.1, 0.15) is 36.0 Å². The molecule has 0 aliphatic heterocycles. The van der Waals surface area contributed by atoms with Crippen molar-refractivity contribution in [3.63, 3.8) is 0 Å². The van der Waals surface area contributed by atoms with Crippen molar-refractivity contribution in [2.75, 3.05) is 12.0 Å². The molecular formula is C12H20N4OS. The van der Waals surface area contributed by atoms with Crippen LogP contribution in [0.15, 0.2) is 6.20 Å². The lowest BCUT2D eigenvalue weighted by Crippen LogP contribution is -2.39. The van der Waals surface area contributed by atoms with Crippen LogP contribution in [0.4, 0.5) is 5.82 Å². The Morgan fingerprint density at radius 1 is 1.61 bits per heavy atom. The molecule has 2 atom stereocenters. The first-order valence-corrected chi connectivity index (χ1v) is 7.51. The molecule has 1 aliphatic rings. The van der Waals surface area contributed by atoms with Gasteiger partial charge in [-0.25, -0.2) is 0 Å². The smallest absolute Gasteiger partial charge is 0.256 e. The van der Waals surface area contributed by atoms with E-state index in [4.69, 9.17) is 5.73 Å². The fourth-order valence-corrected chi connectivity index (χ4v) is 3.20. The Morgan fingerprint density at radius 2 is 2.39 bits per heavy atom. The molecule has 18 heavy (non-hydrogen) atoms. The number of carbonyl (C=O) groups is 1. The zero-order valence-electron chi connectivity index (χ0n) is 10.8. The molecule has 2 unspecified atom stereocenters. The van der Waals surface area contributed by atoms with Gasteiger partial charge in [0.05, 0.1) is 6.20 Å². The number of nitrogens with two attached hydrogens (primary N) is 1. The maximum absolute atomic E-state index is 12.1. The Bertz CT molecular complexity index is 432. The Kier molecular flexibility index (Phi) is 4.16. The van der Waals surface area contributed by atoms with E-state index in [2.05, 4.69) is 16.7 Å². The summed E-state index contributed by atoms with van der Waals surface area (Å²) in [6.45, 7) is 0. The standard InChI is InChI=1S/C12H20N4OS/c1-16-11(13)10(7-14-16)12(17)15-8-4-3-5-9(6-8)18-2/h7-9H,3-6,13H2,1-2H3,(H,15,17). The monoisotopic (exact) mass is 268 g/mol. The molecule has 0 radical (unpaired) electrons. The van der Waals surface area contributed by atoms with Gasteiger partial charge in [0.15, 0.2) is 0 Å². The Labute approximate surface area is 111 Å². The summed E-state index contributed by atoms with van der Waals surface area (Å²) in [5.74, 6) is 0.317. The molecule has 1 heterocycles. The van der Waals surface area contributed by atoms with Crippen LogP contribution >= 0.6 is 11.8 Å². The van der Waals surface area contributed by atoms with E-state index in [0.717, 1.165) is 12.8 Å². The molecule has 0 spiro atoms. The van der Waals surface area contributed by atoms with Gasteiger partial charge in [0, 0.05) is 18.3 Å². The molecule has 3 N–H and O–H groups in total. The van der Waals surface area contributed by atoms with E-state index in [1.165, 1.54) is 23.7 Å². The second kappa shape index (κ2) is 5.65. The highest BCUT2D eigenvalue weighted by Gasteiger charge is 2.24. The molecule has 1 amide bonds. The van der Waals surface area contributed by atoms with Crippen LogP contribution in [0.2, 0.25) is 0 Å². The summed E-state index contributed by atoms with van der Waals surface area (Å²) in [6, 6.07) is 0.267. The van der Waals surface area contributed by atoms with Crippen molar-refractivity contribution >= 4 is 23.5 Å². The normalized spacial score (nSPS) is 23.9. The second-order valence-electron chi connectivity index (χ2n) is 4.76. The number of nitrogen functional groups attached to an aromatic ring is 1. The third-order valence-electron chi connectivity index (χ3n) is 3.52. The van der Waals surface area contributed by atoms with Gasteiger partial charge in [0.25, 0.3) is 5.91 Å². The zero-order valence-corrected chi connectivity index (χ0v) is 11.7. The van der Waals surface area contributed by atoms with E-state index >= 15 is 0 Å². The van der Waals surface area contributed by atoms with E-state index in [1.54, 1.807) is 7.05 Å². The van der Waals surface area contributed by atoms with Gasteiger partial charge in [0.2, 0.25) is 0 Å². The van der Waals surface area contributed by atoms with Gasteiger partial charge in [0.1, 0.15) is 11.4 Å². The summed E-state index contributed by atoms with van der Waals surface area (Å²) in [5, 5.41) is 7.72. The number of nitrogens with zero attached hydrogens (tertiary/aromatic N) is 2. The van der Waals surface area contributed by atoms with Crippen molar-refractivity contribution in [3.8, 4) is 0 Å². The number of rotatable bonds is 3. The van der Waals surface area contributed by atoms with Crippen LogP contribution in [0, 0.1) is 0 Å². The second-order valence-corrected chi connectivity index (χ2v) is 5.90. The van der Waals surface area contributed by atoms with Crippen LogP contribution in [0.25, 0.3) is 0 Å². The quantitative estimate of drug-likeness (QED) is 0.869. The first-order chi connectivity index (χ1) is 8.61. The number of nitrogens with one attached hydrogen (secondary N) is 1. The largest absolute Gasteiger partial charge is 0.383 e. The third-order valence-corrected chi connectivity index (χ3v) is 4.62. The lowest BCUT2D eigenvalue weighted by molar-refractivity contribution is 0.0929. The Balaban J connectivity index is 1.97. The first-order valence-electron chi connectivity index (χ1n) is 6.23. The molecule has 1 aromatic rings. The lowest BCUT2D eigenvalue weighted by atomic mass is 9.95. The predicted molar refractivity (Wildman–Crippen MR) is 74.6 cm³/mol. The van der Waals surface area contributed by atoms with Crippen LogP contribution < -0.4 is 11.1 Å². The summed E-state index contributed by atoms with van der Waals surface area (Å²) in [7, 11) is 1.73. The summed E-state index contributed by atoms with van der Waals surface area (Å²) in [4.78, 5) is 12.1. The van der Waals surface area contributed by atoms with E-state index in [9.17, 15) is 4.79 Å². The molecule has 100 valence electrons. The summed E-state index contributed by atoms with van der Waals surface area (Å²) >= 11 is 1.89. The number of amides is 1. The van der Waals surface area contributed by atoms with Crippen molar-refractivity contribution in [2.45, 2.75) is 37.0 Å². The topological polar surface area (TPSA) is 72.9 Å². The van der Waals surface area contributed by atoms with Crippen molar-refractivity contribution < 1.29 is 4.79 Å². The first kappa shape index (κ1) is 13.3. The molecule has 1 aliphatic carbocycles. The van der Waals surface area contributed by atoms with Crippen molar-refractivity contribution in [2.24, 2.45) is 7.05 Å². The predicted octanol–water partition coefficient (Wildman–Crippen LogP) is 1.41. The highest BCUT2D eigenvalue weighted by atomic mass is 32.2. The maximum atomic E-state index is 12.1. The van der Waals surface area contributed by atoms with Crippen LogP contribution in [-0.2, 0) is 7.05 Å². The molecule has 0 saturated heterocycles. The molecule has 1 saturated carbocycles. The number of aromatic nitrogens is 2. The van der Waals surface area contributed by atoms with Crippen LogP contribution in [0.5, 0.6) is 0 Å². The molecule has 6 heteroatoms. The average Bonchev–Trinajstić information content (AvgIpc) is 2.70. The molecule has 5 nitrogen and oxygen atoms in total. The van der Waals surface area contributed by atoms with Crippen LogP contribution in [0.3, 0.4) is 0 Å². The molecule has 0 aromatic carbocycles. The van der Waals surface area contributed by atoms with Gasteiger partial charge >= 0.3 is 0 Å². The van der Waals surface area contributed by atoms with Gasteiger partial charge in [-0.2, -0.15) is 16.9 Å². The maximum Gasteiger partial charge on any atom is 0.256 e. The highest BCUT2D eigenvalue weighted by Crippen LogP contribution is 2.27. The average molecular weight is 268 g/mol. The minimum absolute atomic E-state index is 0.104. The number of anilines is 1. The number of thioether (sulfide) groups is 1. The Hall–Kier alpha value is -1.17. The lowest BCUT2D eigenvalue weighted by Gasteiger charge is -2.28. The SMILES string of the molecule is CSC1CCCC(NC(=O)c2cnn(C)c2N)C1. The highest BCUT2D eigenvalue weighted by molar-refractivity contribution is 7.99. The van der Waals surface area contributed by atoms with Gasteiger partial charge in [-0.3, -0.25) is 9.48 Å². The molecule has 0 bridgehead atoms. The third kappa shape index (κ3) is 2.80. The van der Waals surface area contributed by atoms with Crippen molar-refractivity contribution in [3.05, 3.63) is 11.8 Å². The molecule has 2 rings (SSSR count). The zero-order chi connectivity index (χ0) is 13.1. The fraction of sp³-hybridized carbons (Fsp3) is 0.667. The van der Waals surface area contributed by atoms with Gasteiger partial charge in [-0.05, 0) is 25.5 Å². The van der Waals surface area contributed by atoms with Crippen molar-refractivity contribution in [1.29, 1.82) is 0 Å². The van der Waals surface area contributed by atoms with Crippen molar-refractivity contribution in [1.82, 2.24) is 15.1 Å².